The fourth-order valence-electron chi connectivity index (χ4n) is 3.70. The van der Waals surface area contributed by atoms with Crippen LogP contribution in [0.25, 0.3) is 0 Å². The Bertz CT molecular complexity index is 423. The Balaban J connectivity index is 1.52. The van der Waals surface area contributed by atoms with E-state index < -0.39 is 0 Å². The molecule has 1 saturated carbocycles. The average molecular weight is 273 g/mol. The van der Waals surface area contributed by atoms with Gasteiger partial charge in [-0.05, 0) is 31.7 Å². The summed E-state index contributed by atoms with van der Waals surface area (Å²) < 4.78 is 5.77. The van der Waals surface area contributed by atoms with Crippen molar-refractivity contribution in [3.63, 3.8) is 0 Å². The van der Waals surface area contributed by atoms with Crippen LogP contribution in [0.15, 0.2) is 24.3 Å². The molecule has 3 rings (SSSR count). The van der Waals surface area contributed by atoms with Crippen LogP contribution in [0.1, 0.15) is 56.9 Å². The minimum Gasteiger partial charge on any atom is -0.493 e. The molecule has 2 heteroatoms. The minimum absolute atomic E-state index is 0.527. The molecule has 0 amide bonds. The third kappa shape index (κ3) is 3.17. The topological polar surface area (TPSA) is 21.3 Å². The van der Waals surface area contributed by atoms with Gasteiger partial charge in [0.15, 0.2) is 0 Å². The molecule has 2 atom stereocenters. The van der Waals surface area contributed by atoms with E-state index in [9.17, 15) is 0 Å². The largest absolute Gasteiger partial charge is 0.493 e. The lowest BCUT2D eigenvalue weighted by Crippen LogP contribution is -2.36. The molecule has 0 bridgehead atoms. The van der Waals surface area contributed by atoms with Crippen LogP contribution in [0, 0.1) is 5.92 Å². The molecular weight excluding hydrogens is 246 g/mol. The summed E-state index contributed by atoms with van der Waals surface area (Å²) in [5.41, 5.74) is 1.38. The summed E-state index contributed by atoms with van der Waals surface area (Å²) in [5, 5.41) is 3.78. The molecule has 2 nitrogen and oxygen atoms in total. The van der Waals surface area contributed by atoms with Crippen LogP contribution in [0.4, 0.5) is 0 Å². The number of para-hydroxylation sites is 1. The first-order chi connectivity index (χ1) is 9.84. The van der Waals surface area contributed by atoms with E-state index in [-0.39, 0.29) is 0 Å². The van der Waals surface area contributed by atoms with E-state index in [2.05, 4.69) is 36.5 Å². The van der Waals surface area contributed by atoms with Crippen molar-refractivity contribution in [1.29, 1.82) is 0 Å². The number of ether oxygens (including phenoxy) is 1. The molecule has 0 radical (unpaired) electrons. The van der Waals surface area contributed by atoms with Gasteiger partial charge in [-0.25, -0.2) is 0 Å². The standard InChI is InChI=1S/C18H27NO/c1-14(15-8-4-2-3-5-9-15)19-12-16-13-20-18-11-7-6-10-17(16)18/h6-7,10-11,14-16,19H,2-5,8-9,12-13H2,1H3/t14-,16?/m1/s1. The summed E-state index contributed by atoms with van der Waals surface area (Å²) in [6.07, 6.45) is 8.54. The molecule has 2 aliphatic rings. The van der Waals surface area contributed by atoms with Crippen molar-refractivity contribution in [3.8, 4) is 5.75 Å². The molecule has 1 unspecified atom stereocenters. The fraction of sp³-hybridized carbons (Fsp3) is 0.667. The van der Waals surface area contributed by atoms with E-state index in [4.69, 9.17) is 4.74 Å². The van der Waals surface area contributed by atoms with Gasteiger partial charge in [0.1, 0.15) is 5.75 Å². The highest BCUT2D eigenvalue weighted by atomic mass is 16.5. The van der Waals surface area contributed by atoms with Crippen molar-refractivity contribution in [2.45, 2.75) is 57.4 Å². The zero-order valence-corrected chi connectivity index (χ0v) is 12.6. The van der Waals surface area contributed by atoms with E-state index in [1.165, 1.54) is 44.1 Å². The molecule has 1 aliphatic heterocycles. The van der Waals surface area contributed by atoms with Crippen molar-refractivity contribution >= 4 is 0 Å². The molecule has 20 heavy (non-hydrogen) atoms. The summed E-state index contributed by atoms with van der Waals surface area (Å²) in [6.45, 7) is 4.26. The molecule has 1 fully saturated rings. The third-order valence-corrected chi connectivity index (χ3v) is 5.09. The minimum atomic E-state index is 0.527. The second-order valence-electron chi connectivity index (χ2n) is 6.49. The van der Waals surface area contributed by atoms with Crippen molar-refractivity contribution < 1.29 is 4.74 Å². The maximum Gasteiger partial charge on any atom is 0.122 e. The average Bonchev–Trinajstić information content (AvgIpc) is 2.70. The lowest BCUT2D eigenvalue weighted by molar-refractivity contribution is 0.300. The highest BCUT2D eigenvalue weighted by molar-refractivity contribution is 5.39. The van der Waals surface area contributed by atoms with Crippen LogP contribution in [-0.2, 0) is 0 Å². The molecule has 1 N–H and O–H groups in total. The van der Waals surface area contributed by atoms with Crippen LogP contribution in [-0.4, -0.2) is 19.2 Å². The number of benzene rings is 1. The SMILES string of the molecule is C[C@@H](NCC1COc2ccccc21)C1CCCCCC1. The summed E-state index contributed by atoms with van der Waals surface area (Å²) in [4.78, 5) is 0. The molecule has 1 aliphatic carbocycles. The Kier molecular flexibility index (Phi) is 4.62. The van der Waals surface area contributed by atoms with Crippen molar-refractivity contribution in [3.05, 3.63) is 29.8 Å². The lowest BCUT2D eigenvalue weighted by atomic mass is 9.92. The second-order valence-corrected chi connectivity index (χ2v) is 6.49. The van der Waals surface area contributed by atoms with Crippen LogP contribution < -0.4 is 10.1 Å². The predicted octanol–water partition coefficient (Wildman–Crippen LogP) is 4.11. The quantitative estimate of drug-likeness (QED) is 0.834. The number of rotatable bonds is 4. The van der Waals surface area contributed by atoms with Gasteiger partial charge in [-0.3, -0.25) is 0 Å². The molecule has 110 valence electrons. The van der Waals surface area contributed by atoms with E-state index in [0.29, 0.717) is 12.0 Å². The number of fused-ring (bicyclic) bond motifs is 1. The van der Waals surface area contributed by atoms with E-state index >= 15 is 0 Å². The van der Waals surface area contributed by atoms with Crippen molar-refractivity contribution in [2.75, 3.05) is 13.2 Å². The molecule has 0 spiro atoms. The maximum absolute atomic E-state index is 5.77. The van der Waals surface area contributed by atoms with Gasteiger partial charge >= 0.3 is 0 Å². The number of nitrogens with one attached hydrogen (secondary N) is 1. The maximum atomic E-state index is 5.77. The highest BCUT2D eigenvalue weighted by Gasteiger charge is 2.25. The van der Waals surface area contributed by atoms with Gasteiger partial charge in [-0.2, -0.15) is 0 Å². The van der Waals surface area contributed by atoms with Gasteiger partial charge in [0.25, 0.3) is 0 Å². The molecular formula is C18H27NO. The van der Waals surface area contributed by atoms with Gasteiger partial charge in [-0.1, -0.05) is 43.9 Å². The van der Waals surface area contributed by atoms with Crippen molar-refractivity contribution in [1.82, 2.24) is 5.32 Å². The molecule has 1 heterocycles. The van der Waals surface area contributed by atoms with Crippen LogP contribution in [0.3, 0.4) is 0 Å². The summed E-state index contributed by atoms with van der Waals surface area (Å²) in [5.74, 6) is 2.48. The van der Waals surface area contributed by atoms with Crippen LogP contribution in [0.5, 0.6) is 5.75 Å². The van der Waals surface area contributed by atoms with Crippen LogP contribution in [0.2, 0.25) is 0 Å². The zero-order chi connectivity index (χ0) is 13.8. The van der Waals surface area contributed by atoms with E-state index in [1.54, 1.807) is 0 Å². The number of hydrogen-bond acceptors (Lipinski definition) is 2. The van der Waals surface area contributed by atoms with Gasteiger partial charge in [0.05, 0.1) is 6.61 Å². The number of hydrogen-bond donors (Lipinski definition) is 1. The lowest BCUT2D eigenvalue weighted by Gasteiger charge is -2.25. The predicted molar refractivity (Wildman–Crippen MR) is 83.3 cm³/mol. The Morgan fingerprint density at radius 2 is 1.90 bits per heavy atom. The van der Waals surface area contributed by atoms with E-state index in [1.807, 2.05) is 0 Å². The highest BCUT2D eigenvalue weighted by Crippen LogP contribution is 2.33. The van der Waals surface area contributed by atoms with Gasteiger partial charge < -0.3 is 10.1 Å². The first kappa shape index (κ1) is 13.9. The Hall–Kier alpha value is -1.02. The molecule has 0 aromatic heterocycles. The normalized spacial score (nSPS) is 24.8. The first-order valence-electron chi connectivity index (χ1n) is 8.29. The third-order valence-electron chi connectivity index (χ3n) is 5.09. The van der Waals surface area contributed by atoms with Gasteiger partial charge in [-0.15, -0.1) is 0 Å². The van der Waals surface area contributed by atoms with Gasteiger partial charge in [0, 0.05) is 24.1 Å². The van der Waals surface area contributed by atoms with Crippen LogP contribution >= 0.6 is 0 Å². The Labute approximate surface area is 122 Å². The summed E-state index contributed by atoms with van der Waals surface area (Å²) >= 11 is 0. The smallest absolute Gasteiger partial charge is 0.122 e. The monoisotopic (exact) mass is 273 g/mol. The van der Waals surface area contributed by atoms with E-state index in [0.717, 1.165) is 24.8 Å². The van der Waals surface area contributed by atoms with Crippen molar-refractivity contribution in [2.24, 2.45) is 5.92 Å². The molecule has 1 aromatic rings. The molecule has 1 aromatic carbocycles. The second kappa shape index (κ2) is 6.62. The fourth-order valence-corrected chi connectivity index (χ4v) is 3.70. The van der Waals surface area contributed by atoms with Gasteiger partial charge in [0.2, 0.25) is 0 Å². The molecule has 0 saturated heterocycles. The zero-order valence-electron chi connectivity index (χ0n) is 12.6. The Morgan fingerprint density at radius 1 is 1.15 bits per heavy atom. The summed E-state index contributed by atoms with van der Waals surface area (Å²) in [7, 11) is 0. The first-order valence-corrected chi connectivity index (χ1v) is 8.29. The summed E-state index contributed by atoms with van der Waals surface area (Å²) in [6, 6.07) is 9.12. The Morgan fingerprint density at radius 3 is 2.70 bits per heavy atom.